The Morgan fingerprint density at radius 1 is 1.31 bits per heavy atom. The van der Waals surface area contributed by atoms with Crippen molar-refractivity contribution < 1.29 is 18.0 Å². The summed E-state index contributed by atoms with van der Waals surface area (Å²) < 4.78 is 39.5. The van der Waals surface area contributed by atoms with Crippen molar-refractivity contribution in [1.82, 2.24) is 20.1 Å². The molecule has 10 heteroatoms. The van der Waals surface area contributed by atoms with Gasteiger partial charge in [0, 0.05) is 11.9 Å². The lowest BCUT2D eigenvalue weighted by Gasteiger charge is -2.13. The molecule has 0 aromatic carbocycles. The standard InChI is InChI=1S/C16H16F3N5OS/c1-9(2)13-11(14(25)23-15-20-5-6-26-15)8-22-24(13)12-4-3-10(7-21-12)16(17,18)19/h3-4,7-9H,5-6H2,1-2H3,(H,20,23,25). The molecule has 26 heavy (non-hydrogen) atoms. The molecule has 138 valence electrons. The summed E-state index contributed by atoms with van der Waals surface area (Å²) in [5, 5.41) is 7.46. The quantitative estimate of drug-likeness (QED) is 0.883. The summed E-state index contributed by atoms with van der Waals surface area (Å²) >= 11 is 1.46. The first kappa shape index (κ1) is 18.4. The van der Waals surface area contributed by atoms with E-state index in [1.54, 1.807) is 0 Å². The predicted octanol–water partition coefficient (Wildman–Crippen LogP) is 3.24. The topological polar surface area (TPSA) is 72.2 Å². The Kier molecular flexibility index (Phi) is 5.03. The number of carbonyl (C=O) groups excluding carboxylic acids is 1. The molecule has 0 spiro atoms. The van der Waals surface area contributed by atoms with Crippen LogP contribution in [0.15, 0.2) is 29.5 Å². The highest BCUT2D eigenvalue weighted by atomic mass is 32.2. The summed E-state index contributed by atoms with van der Waals surface area (Å²) in [4.78, 5) is 20.6. The Balaban J connectivity index is 1.93. The van der Waals surface area contributed by atoms with Gasteiger partial charge < -0.3 is 5.32 Å². The van der Waals surface area contributed by atoms with Gasteiger partial charge in [-0.05, 0) is 18.1 Å². The van der Waals surface area contributed by atoms with Crippen molar-refractivity contribution in [2.75, 3.05) is 12.3 Å². The summed E-state index contributed by atoms with van der Waals surface area (Å²) in [6.07, 6.45) is -2.31. The molecule has 1 aliphatic rings. The first-order chi connectivity index (χ1) is 12.3. The highest BCUT2D eigenvalue weighted by molar-refractivity contribution is 8.14. The molecule has 2 aromatic heterocycles. The molecular weight excluding hydrogens is 367 g/mol. The van der Waals surface area contributed by atoms with E-state index in [1.165, 1.54) is 28.7 Å². The number of alkyl halides is 3. The Morgan fingerprint density at radius 2 is 2.08 bits per heavy atom. The number of carbonyl (C=O) groups is 1. The molecule has 0 unspecified atom stereocenters. The zero-order valence-electron chi connectivity index (χ0n) is 14.0. The molecule has 0 saturated heterocycles. The maximum atomic E-state index is 12.7. The third-order valence-electron chi connectivity index (χ3n) is 3.70. The van der Waals surface area contributed by atoms with E-state index in [-0.39, 0.29) is 17.6 Å². The SMILES string of the molecule is CC(C)c1c(C(=O)NC2=NCCS2)cnn1-c1ccc(C(F)(F)F)cn1. The van der Waals surface area contributed by atoms with Gasteiger partial charge in [-0.15, -0.1) is 0 Å². The highest BCUT2D eigenvalue weighted by Crippen LogP contribution is 2.29. The lowest BCUT2D eigenvalue weighted by Crippen LogP contribution is -2.28. The van der Waals surface area contributed by atoms with Gasteiger partial charge in [0.2, 0.25) is 0 Å². The summed E-state index contributed by atoms with van der Waals surface area (Å²) in [6.45, 7) is 4.40. The van der Waals surface area contributed by atoms with Gasteiger partial charge in [0.25, 0.3) is 5.91 Å². The number of thioether (sulfide) groups is 1. The molecule has 0 radical (unpaired) electrons. The van der Waals surface area contributed by atoms with Crippen LogP contribution in [0.25, 0.3) is 5.82 Å². The van der Waals surface area contributed by atoms with Crippen LogP contribution in [-0.2, 0) is 6.18 Å². The molecular formula is C16H16F3N5OS. The number of halogens is 3. The second-order valence-corrected chi connectivity index (χ2v) is 6.99. The average Bonchev–Trinajstić information content (AvgIpc) is 3.23. The predicted molar refractivity (Wildman–Crippen MR) is 92.7 cm³/mol. The Bertz CT molecular complexity index is 843. The molecule has 2 aromatic rings. The largest absolute Gasteiger partial charge is 0.417 e. The van der Waals surface area contributed by atoms with Gasteiger partial charge in [0.05, 0.1) is 29.6 Å². The molecule has 3 heterocycles. The van der Waals surface area contributed by atoms with E-state index in [0.29, 0.717) is 23.0 Å². The van der Waals surface area contributed by atoms with Crippen molar-refractivity contribution in [1.29, 1.82) is 0 Å². The van der Waals surface area contributed by atoms with Crippen LogP contribution in [0.2, 0.25) is 0 Å². The van der Waals surface area contributed by atoms with Gasteiger partial charge in [-0.2, -0.15) is 18.3 Å². The van der Waals surface area contributed by atoms with Crippen LogP contribution in [0.3, 0.4) is 0 Å². The number of nitrogens with one attached hydrogen (secondary N) is 1. The first-order valence-corrected chi connectivity index (χ1v) is 8.86. The van der Waals surface area contributed by atoms with Gasteiger partial charge in [-0.25, -0.2) is 9.67 Å². The van der Waals surface area contributed by atoms with Crippen LogP contribution in [0.5, 0.6) is 0 Å². The maximum absolute atomic E-state index is 12.7. The molecule has 0 fully saturated rings. The molecule has 0 saturated carbocycles. The van der Waals surface area contributed by atoms with Crippen LogP contribution < -0.4 is 5.32 Å². The van der Waals surface area contributed by atoms with E-state index in [1.807, 2.05) is 13.8 Å². The Morgan fingerprint density at radius 3 is 2.62 bits per heavy atom. The fourth-order valence-corrected chi connectivity index (χ4v) is 3.25. The molecule has 0 atom stereocenters. The third kappa shape index (κ3) is 3.74. The minimum atomic E-state index is -4.46. The fraction of sp³-hybridized carbons (Fsp3) is 0.375. The van der Waals surface area contributed by atoms with E-state index in [4.69, 9.17) is 0 Å². The van der Waals surface area contributed by atoms with Crippen molar-refractivity contribution in [3.05, 3.63) is 41.3 Å². The number of amidine groups is 1. The van der Waals surface area contributed by atoms with Crippen LogP contribution in [-0.4, -0.2) is 38.1 Å². The number of amides is 1. The number of aliphatic imine (C=N–C) groups is 1. The smallest absolute Gasteiger partial charge is 0.301 e. The van der Waals surface area contributed by atoms with E-state index >= 15 is 0 Å². The normalized spacial score (nSPS) is 14.6. The second kappa shape index (κ2) is 7.10. The van der Waals surface area contributed by atoms with Crippen molar-refractivity contribution in [2.45, 2.75) is 25.9 Å². The lowest BCUT2D eigenvalue weighted by molar-refractivity contribution is -0.137. The van der Waals surface area contributed by atoms with Crippen LogP contribution in [0, 0.1) is 0 Å². The third-order valence-corrected chi connectivity index (χ3v) is 4.59. The number of hydrogen-bond acceptors (Lipinski definition) is 5. The van der Waals surface area contributed by atoms with Gasteiger partial charge in [0.1, 0.15) is 0 Å². The summed E-state index contributed by atoms with van der Waals surface area (Å²) in [5.41, 5.74) is 0.0731. The fourth-order valence-electron chi connectivity index (χ4n) is 2.53. The lowest BCUT2D eigenvalue weighted by atomic mass is 10.1. The molecule has 3 rings (SSSR count). The van der Waals surface area contributed by atoms with Crippen LogP contribution >= 0.6 is 11.8 Å². The molecule has 1 amide bonds. The minimum Gasteiger partial charge on any atom is -0.301 e. The van der Waals surface area contributed by atoms with Crippen molar-refractivity contribution in [2.24, 2.45) is 4.99 Å². The maximum Gasteiger partial charge on any atom is 0.417 e. The molecule has 0 bridgehead atoms. The van der Waals surface area contributed by atoms with Gasteiger partial charge in [-0.1, -0.05) is 25.6 Å². The van der Waals surface area contributed by atoms with E-state index in [2.05, 4.69) is 20.4 Å². The van der Waals surface area contributed by atoms with E-state index < -0.39 is 11.7 Å². The molecule has 0 aliphatic carbocycles. The van der Waals surface area contributed by atoms with Crippen molar-refractivity contribution in [3.63, 3.8) is 0 Å². The monoisotopic (exact) mass is 383 g/mol. The Labute approximate surface area is 151 Å². The van der Waals surface area contributed by atoms with E-state index in [0.717, 1.165) is 18.0 Å². The average molecular weight is 383 g/mol. The minimum absolute atomic E-state index is 0.0967. The summed E-state index contributed by atoms with van der Waals surface area (Å²) in [6, 6.07) is 2.18. The van der Waals surface area contributed by atoms with Gasteiger partial charge in [0.15, 0.2) is 11.0 Å². The van der Waals surface area contributed by atoms with Crippen molar-refractivity contribution in [3.8, 4) is 5.82 Å². The summed E-state index contributed by atoms with van der Waals surface area (Å²) in [5.74, 6) is 0.593. The number of aromatic nitrogens is 3. The second-order valence-electron chi connectivity index (χ2n) is 5.90. The van der Waals surface area contributed by atoms with Gasteiger partial charge in [-0.3, -0.25) is 9.79 Å². The zero-order valence-corrected chi connectivity index (χ0v) is 14.9. The molecule has 1 aliphatic heterocycles. The molecule has 1 N–H and O–H groups in total. The zero-order chi connectivity index (χ0) is 18.9. The first-order valence-electron chi connectivity index (χ1n) is 7.87. The number of hydrogen-bond donors (Lipinski definition) is 1. The van der Waals surface area contributed by atoms with Crippen molar-refractivity contribution >= 4 is 22.8 Å². The van der Waals surface area contributed by atoms with Crippen LogP contribution in [0.1, 0.15) is 41.4 Å². The summed E-state index contributed by atoms with van der Waals surface area (Å²) in [7, 11) is 0. The number of rotatable bonds is 3. The van der Waals surface area contributed by atoms with E-state index in [9.17, 15) is 18.0 Å². The molecule has 6 nitrogen and oxygen atoms in total. The highest BCUT2D eigenvalue weighted by Gasteiger charge is 2.31. The Hall–Kier alpha value is -2.36. The number of pyridine rings is 1. The number of nitrogens with zero attached hydrogens (tertiary/aromatic N) is 4. The van der Waals surface area contributed by atoms with Gasteiger partial charge >= 0.3 is 6.18 Å². The van der Waals surface area contributed by atoms with Crippen LogP contribution in [0.4, 0.5) is 13.2 Å².